The number of pyridine rings is 1. The summed E-state index contributed by atoms with van der Waals surface area (Å²) in [5.74, 6) is 1.46. The highest BCUT2D eigenvalue weighted by molar-refractivity contribution is 8.26. The van der Waals surface area contributed by atoms with E-state index < -0.39 is 0 Å². The molecule has 2 atom stereocenters. The summed E-state index contributed by atoms with van der Waals surface area (Å²) in [5, 5.41) is 0. The molecule has 2 aliphatic rings. The smallest absolute Gasteiger partial charge is 0.267 e. The average molecular weight is 487 g/mol. The van der Waals surface area contributed by atoms with Crippen LogP contribution in [0.3, 0.4) is 0 Å². The second-order valence-electron chi connectivity index (χ2n) is 9.17. The zero-order valence-corrected chi connectivity index (χ0v) is 21.4. The fourth-order valence-corrected chi connectivity index (χ4v) is 6.08. The molecule has 1 amide bonds. The maximum Gasteiger partial charge on any atom is 0.267 e. The van der Waals surface area contributed by atoms with Gasteiger partial charge in [-0.3, -0.25) is 18.9 Å². The van der Waals surface area contributed by atoms with Gasteiger partial charge in [-0.15, -0.1) is 0 Å². The van der Waals surface area contributed by atoms with Crippen molar-refractivity contribution in [3.05, 3.63) is 44.7 Å². The van der Waals surface area contributed by atoms with E-state index >= 15 is 0 Å². The van der Waals surface area contributed by atoms with Gasteiger partial charge >= 0.3 is 0 Å². The van der Waals surface area contributed by atoms with Crippen LogP contribution >= 0.6 is 24.0 Å². The second-order valence-corrected chi connectivity index (χ2v) is 10.8. The number of hydrogen-bond acceptors (Lipinski definition) is 7. The molecule has 9 heteroatoms. The lowest BCUT2D eigenvalue weighted by Gasteiger charge is -2.36. The van der Waals surface area contributed by atoms with E-state index in [0.717, 1.165) is 25.1 Å². The molecule has 4 rings (SSSR count). The maximum absolute atomic E-state index is 13.8. The van der Waals surface area contributed by atoms with Crippen molar-refractivity contribution in [3.63, 3.8) is 0 Å². The Morgan fingerprint density at radius 1 is 1.24 bits per heavy atom. The van der Waals surface area contributed by atoms with E-state index in [-0.39, 0.29) is 11.5 Å². The van der Waals surface area contributed by atoms with Gasteiger partial charge in [0.2, 0.25) is 0 Å². The minimum Gasteiger partial charge on any atom is -0.383 e. The van der Waals surface area contributed by atoms with Gasteiger partial charge in [0, 0.05) is 26.4 Å². The third-order valence-corrected chi connectivity index (χ3v) is 7.75. The monoisotopic (exact) mass is 486 g/mol. The summed E-state index contributed by atoms with van der Waals surface area (Å²) in [7, 11) is 1.59. The molecule has 2 aromatic heterocycles. The van der Waals surface area contributed by atoms with Crippen molar-refractivity contribution in [3.8, 4) is 0 Å². The predicted molar refractivity (Wildman–Crippen MR) is 138 cm³/mol. The Hall–Kier alpha value is -2.23. The SMILES string of the molecule is COCCN1C(=O)/C(=C(/C)c2c(N3CC(C)CC(C)C3)nc3ccc(C)cn3c2=O)SC1=S. The van der Waals surface area contributed by atoms with Crippen molar-refractivity contribution in [2.24, 2.45) is 11.8 Å². The molecule has 7 nitrogen and oxygen atoms in total. The lowest BCUT2D eigenvalue weighted by molar-refractivity contribution is -0.122. The van der Waals surface area contributed by atoms with E-state index in [9.17, 15) is 9.59 Å². The number of thioether (sulfide) groups is 1. The molecule has 0 aliphatic carbocycles. The topological polar surface area (TPSA) is 67.2 Å². The number of allylic oxidation sites excluding steroid dienone is 1. The molecule has 2 aliphatic heterocycles. The van der Waals surface area contributed by atoms with Gasteiger partial charge in [-0.1, -0.05) is 43.9 Å². The lowest BCUT2D eigenvalue weighted by atomic mass is 9.91. The highest BCUT2D eigenvalue weighted by Gasteiger charge is 2.35. The quantitative estimate of drug-likeness (QED) is 0.471. The van der Waals surface area contributed by atoms with Crippen LogP contribution in [0.4, 0.5) is 5.82 Å². The Balaban J connectivity index is 1.91. The Kier molecular flexibility index (Phi) is 6.93. The summed E-state index contributed by atoms with van der Waals surface area (Å²) in [6, 6.07) is 3.83. The first-order valence-corrected chi connectivity index (χ1v) is 12.5. The molecule has 176 valence electrons. The van der Waals surface area contributed by atoms with Gasteiger partial charge in [-0.25, -0.2) is 4.98 Å². The molecule has 0 radical (unpaired) electrons. The molecular weight excluding hydrogens is 456 g/mol. The Bertz CT molecular complexity index is 1200. The van der Waals surface area contributed by atoms with Crippen LogP contribution in [0.25, 0.3) is 11.2 Å². The van der Waals surface area contributed by atoms with Gasteiger partial charge in [-0.05, 0) is 49.3 Å². The van der Waals surface area contributed by atoms with Crippen LogP contribution in [-0.4, -0.2) is 57.9 Å². The molecule has 0 N–H and O–H groups in total. The van der Waals surface area contributed by atoms with Gasteiger partial charge in [-0.2, -0.15) is 0 Å². The van der Waals surface area contributed by atoms with Gasteiger partial charge in [0.1, 0.15) is 15.8 Å². The fraction of sp³-hybridized carbons (Fsp3) is 0.500. The molecule has 2 fully saturated rings. The predicted octanol–water partition coefficient (Wildman–Crippen LogP) is 3.72. The molecule has 2 unspecified atom stereocenters. The van der Waals surface area contributed by atoms with Crippen LogP contribution in [0.1, 0.15) is 38.3 Å². The van der Waals surface area contributed by atoms with E-state index in [4.69, 9.17) is 21.9 Å². The zero-order valence-electron chi connectivity index (χ0n) is 19.8. The summed E-state index contributed by atoms with van der Waals surface area (Å²) in [6.07, 6.45) is 2.95. The summed E-state index contributed by atoms with van der Waals surface area (Å²) in [6.45, 7) is 10.7. The number of amides is 1. The van der Waals surface area contributed by atoms with Crippen LogP contribution in [0.5, 0.6) is 0 Å². The highest BCUT2D eigenvalue weighted by atomic mass is 32.2. The first-order valence-electron chi connectivity index (χ1n) is 11.2. The Morgan fingerprint density at radius 2 is 1.94 bits per heavy atom. The standard InChI is InChI=1S/C24H30N4O3S2/c1-14-6-7-18-25-21(26-11-15(2)10-16(3)12-26)19(22(29)28(18)13-14)17(4)20-23(30)27(8-9-31-5)24(32)33-20/h6-7,13,15-16H,8-12H2,1-5H3/b20-17+. The minimum atomic E-state index is -0.181. The number of anilines is 1. The van der Waals surface area contributed by atoms with Crippen molar-refractivity contribution in [2.75, 3.05) is 38.3 Å². The third kappa shape index (κ3) is 4.58. The van der Waals surface area contributed by atoms with Crippen molar-refractivity contribution in [1.29, 1.82) is 0 Å². The van der Waals surface area contributed by atoms with E-state index in [1.165, 1.54) is 11.8 Å². The summed E-state index contributed by atoms with van der Waals surface area (Å²) in [5.41, 5.74) is 2.52. The number of nitrogens with zero attached hydrogens (tertiary/aromatic N) is 4. The molecule has 0 aromatic carbocycles. The average Bonchev–Trinajstić information content (AvgIpc) is 3.04. The van der Waals surface area contributed by atoms with Crippen molar-refractivity contribution in [2.45, 2.75) is 34.1 Å². The maximum atomic E-state index is 13.8. The van der Waals surface area contributed by atoms with Crippen molar-refractivity contribution >= 4 is 51.2 Å². The zero-order chi connectivity index (χ0) is 23.9. The first kappa shape index (κ1) is 23.9. The first-order chi connectivity index (χ1) is 15.7. The largest absolute Gasteiger partial charge is 0.383 e. The number of aryl methyl sites for hydroxylation is 1. The molecule has 0 spiro atoms. The third-order valence-electron chi connectivity index (χ3n) is 6.20. The van der Waals surface area contributed by atoms with Gasteiger partial charge in [0.15, 0.2) is 0 Å². The number of hydrogen-bond donors (Lipinski definition) is 0. The van der Waals surface area contributed by atoms with Crippen LogP contribution in [-0.2, 0) is 9.53 Å². The van der Waals surface area contributed by atoms with Crippen LogP contribution < -0.4 is 10.5 Å². The normalized spacial score (nSPS) is 23.1. The number of fused-ring (bicyclic) bond motifs is 1. The number of aromatic nitrogens is 2. The number of carbonyl (C=O) groups excluding carboxylic acids is 1. The molecule has 2 aromatic rings. The van der Waals surface area contributed by atoms with Crippen LogP contribution in [0, 0.1) is 18.8 Å². The summed E-state index contributed by atoms with van der Waals surface area (Å²) in [4.78, 5) is 36.2. The number of piperidine rings is 1. The molecule has 4 heterocycles. The molecule has 2 saturated heterocycles. The summed E-state index contributed by atoms with van der Waals surface area (Å²) < 4.78 is 7.20. The van der Waals surface area contributed by atoms with Crippen LogP contribution in [0.2, 0.25) is 0 Å². The van der Waals surface area contributed by atoms with Crippen LogP contribution in [0.15, 0.2) is 28.0 Å². The van der Waals surface area contributed by atoms with Gasteiger partial charge in [0.05, 0.1) is 23.6 Å². The Labute approximate surface area is 203 Å². The lowest BCUT2D eigenvalue weighted by Crippen LogP contribution is -2.41. The number of methoxy groups -OCH3 is 1. The van der Waals surface area contributed by atoms with E-state index in [0.29, 0.717) is 56.8 Å². The summed E-state index contributed by atoms with van der Waals surface area (Å²) >= 11 is 6.71. The number of ether oxygens (including phenoxy) is 1. The number of thiocarbonyl (C=S) groups is 1. The number of rotatable bonds is 5. The molecule has 0 bridgehead atoms. The molecule has 0 saturated carbocycles. The van der Waals surface area contributed by atoms with Gasteiger partial charge in [0.25, 0.3) is 11.5 Å². The molecule has 33 heavy (non-hydrogen) atoms. The van der Waals surface area contributed by atoms with E-state index in [1.54, 1.807) is 22.6 Å². The van der Waals surface area contributed by atoms with Gasteiger partial charge < -0.3 is 9.64 Å². The molecular formula is C24H30N4O3S2. The minimum absolute atomic E-state index is 0.163. The van der Waals surface area contributed by atoms with Crippen molar-refractivity contribution in [1.82, 2.24) is 14.3 Å². The second kappa shape index (κ2) is 9.56. The van der Waals surface area contributed by atoms with E-state index in [1.807, 2.05) is 26.0 Å². The fourth-order valence-electron chi connectivity index (χ4n) is 4.74. The highest BCUT2D eigenvalue weighted by Crippen LogP contribution is 2.38. The van der Waals surface area contributed by atoms with E-state index in [2.05, 4.69) is 18.7 Å². The Morgan fingerprint density at radius 3 is 2.61 bits per heavy atom. The number of carbonyl (C=O) groups is 1. The van der Waals surface area contributed by atoms with Crippen molar-refractivity contribution < 1.29 is 9.53 Å².